The first kappa shape index (κ1) is 16.8. The molecule has 1 aromatic heterocycles. The summed E-state index contributed by atoms with van der Waals surface area (Å²) in [6, 6.07) is 9.25. The number of hydrogen-bond acceptors (Lipinski definition) is 5. The van der Waals surface area contributed by atoms with Gasteiger partial charge in [-0.25, -0.2) is 0 Å². The molecule has 0 aliphatic carbocycles. The number of carbonyl (C=O) groups is 1. The molecule has 0 saturated carbocycles. The highest BCUT2D eigenvalue weighted by Crippen LogP contribution is 2.38. The maximum atomic E-state index is 13.3. The minimum absolute atomic E-state index is 0.0592. The average Bonchev–Trinajstić information content (AvgIpc) is 3.17. The van der Waals surface area contributed by atoms with Crippen LogP contribution in [0.4, 0.5) is 18.3 Å². The van der Waals surface area contributed by atoms with Gasteiger partial charge in [-0.2, -0.15) is 13.2 Å². The Kier molecular flexibility index (Phi) is 4.81. The Bertz CT molecular complexity index is 678. The highest BCUT2D eigenvalue weighted by Gasteiger charge is 2.52. The van der Waals surface area contributed by atoms with Gasteiger partial charge in [0.1, 0.15) is 5.51 Å². The van der Waals surface area contributed by atoms with Crippen molar-refractivity contribution in [2.24, 2.45) is 11.8 Å². The lowest BCUT2D eigenvalue weighted by Gasteiger charge is -2.20. The molecule has 24 heavy (non-hydrogen) atoms. The first-order valence-corrected chi connectivity index (χ1v) is 8.21. The van der Waals surface area contributed by atoms with E-state index in [0.717, 1.165) is 16.9 Å². The number of hydrogen-bond donors (Lipinski definition) is 1. The second-order valence-corrected chi connectivity index (χ2v) is 6.50. The highest BCUT2D eigenvalue weighted by atomic mass is 32.1. The Morgan fingerprint density at radius 3 is 2.67 bits per heavy atom. The van der Waals surface area contributed by atoms with Crippen LogP contribution in [0.3, 0.4) is 0 Å². The average molecular weight is 356 g/mol. The van der Waals surface area contributed by atoms with E-state index in [4.69, 9.17) is 0 Å². The van der Waals surface area contributed by atoms with Crippen LogP contribution < -0.4 is 5.32 Å². The lowest BCUT2D eigenvalue weighted by Crippen LogP contribution is -2.36. The SMILES string of the molecule is O=C(Nc1nncs1)[C@H]1CN(Cc2ccccc2)C[C@H]1C(F)(F)F. The number of alkyl halides is 3. The summed E-state index contributed by atoms with van der Waals surface area (Å²) in [4.78, 5) is 13.9. The van der Waals surface area contributed by atoms with Crippen molar-refractivity contribution in [3.05, 3.63) is 41.4 Å². The lowest BCUT2D eigenvalue weighted by atomic mass is 9.95. The fourth-order valence-corrected chi connectivity index (χ4v) is 3.33. The molecule has 0 spiro atoms. The van der Waals surface area contributed by atoms with E-state index in [9.17, 15) is 18.0 Å². The maximum Gasteiger partial charge on any atom is 0.393 e. The topological polar surface area (TPSA) is 58.1 Å². The molecule has 5 nitrogen and oxygen atoms in total. The number of nitrogens with zero attached hydrogens (tertiary/aromatic N) is 3. The second kappa shape index (κ2) is 6.86. The van der Waals surface area contributed by atoms with Gasteiger partial charge >= 0.3 is 6.18 Å². The molecule has 1 aliphatic heterocycles. The first-order valence-electron chi connectivity index (χ1n) is 7.33. The molecule has 128 valence electrons. The molecule has 2 atom stereocenters. The molecule has 1 aromatic carbocycles. The normalized spacial score (nSPS) is 21.8. The Labute approximate surface area is 140 Å². The number of anilines is 1. The minimum atomic E-state index is -4.42. The number of carbonyl (C=O) groups excluding carboxylic acids is 1. The van der Waals surface area contributed by atoms with E-state index in [-0.39, 0.29) is 18.2 Å². The fourth-order valence-electron chi connectivity index (χ4n) is 2.88. The van der Waals surface area contributed by atoms with Crippen LogP contribution in [0.5, 0.6) is 0 Å². The third-order valence-corrected chi connectivity index (χ3v) is 4.60. The monoisotopic (exact) mass is 356 g/mol. The number of aromatic nitrogens is 2. The summed E-state index contributed by atoms with van der Waals surface area (Å²) in [7, 11) is 0. The highest BCUT2D eigenvalue weighted by molar-refractivity contribution is 7.13. The van der Waals surface area contributed by atoms with Crippen molar-refractivity contribution in [1.82, 2.24) is 15.1 Å². The predicted molar refractivity (Wildman–Crippen MR) is 83.3 cm³/mol. The van der Waals surface area contributed by atoms with Crippen molar-refractivity contribution < 1.29 is 18.0 Å². The van der Waals surface area contributed by atoms with Crippen molar-refractivity contribution in [3.63, 3.8) is 0 Å². The second-order valence-electron chi connectivity index (χ2n) is 5.67. The van der Waals surface area contributed by atoms with E-state index in [1.165, 1.54) is 5.51 Å². The van der Waals surface area contributed by atoms with Crippen LogP contribution in [0.15, 0.2) is 35.8 Å². The molecule has 2 heterocycles. The van der Waals surface area contributed by atoms with Crippen LogP contribution in [0.1, 0.15) is 5.56 Å². The molecular formula is C15H15F3N4OS. The van der Waals surface area contributed by atoms with Gasteiger partial charge in [0.05, 0.1) is 11.8 Å². The summed E-state index contributed by atoms with van der Waals surface area (Å²) >= 11 is 1.07. The van der Waals surface area contributed by atoms with Gasteiger partial charge < -0.3 is 5.32 Å². The number of rotatable bonds is 4. The molecular weight excluding hydrogens is 341 g/mol. The number of amides is 1. The van der Waals surface area contributed by atoms with Gasteiger partial charge in [-0.15, -0.1) is 10.2 Å². The van der Waals surface area contributed by atoms with Gasteiger partial charge in [-0.05, 0) is 5.56 Å². The van der Waals surface area contributed by atoms with Crippen LogP contribution >= 0.6 is 11.3 Å². The smallest absolute Gasteiger partial charge is 0.300 e. The van der Waals surface area contributed by atoms with E-state index in [0.29, 0.717) is 6.54 Å². The molecule has 2 aromatic rings. The zero-order chi connectivity index (χ0) is 17.2. The van der Waals surface area contributed by atoms with Crippen LogP contribution in [-0.2, 0) is 11.3 Å². The summed E-state index contributed by atoms with van der Waals surface area (Å²) in [5, 5.41) is 9.85. The summed E-state index contributed by atoms with van der Waals surface area (Å²) in [6.07, 6.45) is -4.42. The Morgan fingerprint density at radius 1 is 1.29 bits per heavy atom. The molecule has 1 fully saturated rings. The number of likely N-dealkylation sites (tertiary alicyclic amines) is 1. The molecule has 1 amide bonds. The summed E-state index contributed by atoms with van der Waals surface area (Å²) in [6.45, 7) is 0.256. The van der Waals surface area contributed by atoms with Crippen LogP contribution in [0, 0.1) is 11.8 Å². The van der Waals surface area contributed by atoms with Gasteiger partial charge in [-0.3, -0.25) is 9.69 Å². The van der Waals surface area contributed by atoms with E-state index < -0.39 is 23.9 Å². The van der Waals surface area contributed by atoms with Crippen molar-refractivity contribution in [2.45, 2.75) is 12.7 Å². The van der Waals surface area contributed by atoms with Crippen molar-refractivity contribution in [3.8, 4) is 0 Å². The maximum absolute atomic E-state index is 13.3. The number of benzene rings is 1. The van der Waals surface area contributed by atoms with Gasteiger partial charge in [-0.1, -0.05) is 41.7 Å². The third kappa shape index (κ3) is 3.90. The van der Waals surface area contributed by atoms with Gasteiger partial charge in [0, 0.05) is 19.6 Å². The number of nitrogens with one attached hydrogen (secondary N) is 1. The van der Waals surface area contributed by atoms with E-state index in [1.54, 1.807) is 4.90 Å². The number of halogens is 3. The summed E-state index contributed by atoms with van der Waals surface area (Å²) < 4.78 is 40.0. The molecule has 0 radical (unpaired) electrons. The summed E-state index contributed by atoms with van der Waals surface area (Å²) in [5.74, 6) is -3.50. The fraction of sp³-hybridized carbons (Fsp3) is 0.400. The minimum Gasteiger partial charge on any atom is -0.300 e. The van der Waals surface area contributed by atoms with Gasteiger partial charge in [0.25, 0.3) is 0 Å². The lowest BCUT2D eigenvalue weighted by molar-refractivity contribution is -0.182. The quantitative estimate of drug-likeness (QED) is 0.915. The Hall–Kier alpha value is -2.00. The predicted octanol–water partition coefficient (Wildman–Crippen LogP) is 2.79. The van der Waals surface area contributed by atoms with Crippen molar-refractivity contribution in [1.29, 1.82) is 0 Å². The zero-order valence-electron chi connectivity index (χ0n) is 12.5. The Balaban J connectivity index is 1.72. The van der Waals surface area contributed by atoms with E-state index >= 15 is 0 Å². The molecule has 1 saturated heterocycles. The molecule has 0 unspecified atom stereocenters. The van der Waals surface area contributed by atoms with E-state index in [1.807, 2.05) is 30.3 Å². The van der Waals surface area contributed by atoms with Gasteiger partial charge in [0.15, 0.2) is 0 Å². The zero-order valence-corrected chi connectivity index (χ0v) is 13.3. The Morgan fingerprint density at radius 2 is 2.04 bits per heavy atom. The molecule has 1 N–H and O–H groups in total. The third-order valence-electron chi connectivity index (χ3n) is 3.99. The first-order chi connectivity index (χ1) is 11.4. The van der Waals surface area contributed by atoms with Crippen LogP contribution in [0.2, 0.25) is 0 Å². The largest absolute Gasteiger partial charge is 0.393 e. The van der Waals surface area contributed by atoms with Crippen molar-refractivity contribution >= 4 is 22.4 Å². The molecule has 3 rings (SSSR count). The standard InChI is InChI=1S/C15H15F3N4OS/c16-15(17,18)12-8-22(6-10-4-2-1-3-5-10)7-11(12)13(23)20-14-21-19-9-24-14/h1-5,9,11-12H,6-8H2,(H,20,21,23)/t11-,12+/m0/s1. The van der Waals surface area contributed by atoms with Gasteiger partial charge in [0.2, 0.25) is 11.0 Å². The van der Waals surface area contributed by atoms with Crippen molar-refractivity contribution in [2.75, 3.05) is 18.4 Å². The van der Waals surface area contributed by atoms with Crippen LogP contribution in [0.25, 0.3) is 0 Å². The molecule has 0 bridgehead atoms. The van der Waals surface area contributed by atoms with Crippen LogP contribution in [-0.4, -0.2) is 40.3 Å². The molecule has 9 heteroatoms. The summed E-state index contributed by atoms with van der Waals surface area (Å²) in [5.41, 5.74) is 2.33. The molecule has 1 aliphatic rings. The van der Waals surface area contributed by atoms with E-state index in [2.05, 4.69) is 15.5 Å².